The van der Waals surface area contributed by atoms with Crippen LogP contribution < -0.4 is 15.5 Å². The molecule has 0 saturated carbocycles. The van der Waals surface area contributed by atoms with E-state index in [9.17, 15) is 9.59 Å². The van der Waals surface area contributed by atoms with Gasteiger partial charge in [-0.25, -0.2) is 0 Å². The maximum atomic E-state index is 12.3. The van der Waals surface area contributed by atoms with Crippen LogP contribution in [0.4, 0.5) is 17.1 Å². The normalized spacial score (nSPS) is 11.1. The van der Waals surface area contributed by atoms with Gasteiger partial charge in [-0.05, 0) is 67.6 Å². The van der Waals surface area contributed by atoms with Gasteiger partial charge >= 0.3 is 0 Å². The van der Waals surface area contributed by atoms with Gasteiger partial charge in [0.25, 0.3) is 0 Å². The molecular formula is C24H33N3O2. The maximum absolute atomic E-state index is 12.3. The molecule has 0 heterocycles. The van der Waals surface area contributed by atoms with Crippen molar-refractivity contribution in [2.24, 2.45) is 0 Å². The number of nitrogens with one attached hydrogen (secondary N) is 2. The number of aryl methyl sites for hydroxylation is 1. The molecule has 0 fully saturated rings. The van der Waals surface area contributed by atoms with Gasteiger partial charge in [-0.3, -0.25) is 9.59 Å². The van der Waals surface area contributed by atoms with Crippen molar-refractivity contribution in [3.8, 4) is 0 Å². The molecule has 0 aliphatic heterocycles. The zero-order chi connectivity index (χ0) is 21.6. The van der Waals surface area contributed by atoms with Crippen molar-refractivity contribution in [2.45, 2.75) is 53.4 Å². The Hall–Kier alpha value is -2.82. The van der Waals surface area contributed by atoms with Gasteiger partial charge < -0.3 is 15.5 Å². The van der Waals surface area contributed by atoms with E-state index in [1.165, 1.54) is 5.56 Å². The average molecular weight is 396 g/mol. The highest BCUT2D eigenvalue weighted by Gasteiger charge is 2.15. The monoisotopic (exact) mass is 395 g/mol. The Kier molecular flexibility index (Phi) is 7.43. The molecular weight excluding hydrogens is 362 g/mol. The van der Waals surface area contributed by atoms with Crippen LogP contribution in [0.2, 0.25) is 0 Å². The smallest absolute Gasteiger partial charge is 0.233 e. The lowest BCUT2D eigenvalue weighted by Crippen LogP contribution is -2.23. The minimum absolute atomic E-state index is 0.0567. The molecule has 2 aromatic carbocycles. The van der Waals surface area contributed by atoms with E-state index in [2.05, 4.69) is 56.2 Å². The third kappa shape index (κ3) is 6.34. The molecule has 0 atom stereocenters. The summed E-state index contributed by atoms with van der Waals surface area (Å²) < 4.78 is 0. The summed E-state index contributed by atoms with van der Waals surface area (Å²) in [6.45, 7) is 14.5. The van der Waals surface area contributed by atoms with E-state index in [1.807, 2.05) is 43.3 Å². The first-order chi connectivity index (χ1) is 13.6. The lowest BCUT2D eigenvalue weighted by atomic mass is 9.87. The van der Waals surface area contributed by atoms with E-state index in [0.29, 0.717) is 5.69 Å². The topological polar surface area (TPSA) is 61.4 Å². The van der Waals surface area contributed by atoms with E-state index < -0.39 is 0 Å². The molecule has 0 radical (unpaired) electrons. The first-order valence-electron chi connectivity index (χ1n) is 10.2. The summed E-state index contributed by atoms with van der Waals surface area (Å²) in [6.07, 6.45) is -0.224. The molecule has 29 heavy (non-hydrogen) atoms. The average Bonchev–Trinajstić information content (AvgIpc) is 2.64. The number of benzene rings is 2. The molecule has 0 aliphatic rings. The van der Waals surface area contributed by atoms with Crippen LogP contribution in [0.25, 0.3) is 0 Å². The fraction of sp³-hybridized carbons (Fsp3) is 0.417. The summed E-state index contributed by atoms with van der Waals surface area (Å²) in [4.78, 5) is 26.8. The summed E-state index contributed by atoms with van der Waals surface area (Å²) in [7, 11) is 0. The molecule has 2 aromatic rings. The predicted molar refractivity (Wildman–Crippen MR) is 122 cm³/mol. The van der Waals surface area contributed by atoms with E-state index >= 15 is 0 Å². The van der Waals surface area contributed by atoms with Crippen LogP contribution in [-0.2, 0) is 15.0 Å². The predicted octanol–water partition coefficient (Wildman–Crippen LogP) is 5.11. The van der Waals surface area contributed by atoms with Crippen LogP contribution in [0.15, 0.2) is 42.5 Å². The second kappa shape index (κ2) is 9.59. The van der Waals surface area contributed by atoms with Crippen LogP contribution in [0.1, 0.15) is 52.2 Å². The third-order valence-corrected chi connectivity index (χ3v) is 4.97. The van der Waals surface area contributed by atoms with Crippen LogP contribution in [-0.4, -0.2) is 24.9 Å². The summed E-state index contributed by atoms with van der Waals surface area (Å²) in [6, 6.07) is 13.7. The lowest BCUT2D eigenvalue weighted by Gasteiger charge is -2.22. The molecule has 0 aromatic heterocycles. The summed E-state index contributed by atoms with van der Waals surface area (Å²) in [5.74, 6) is -0.657. The standard InChI is InChI=1S/C24H33N3O2/c1-7-27(8-2)20-13-14-21(17(3)15-20)26-23(29)16-22(28)25-19-11-9-18(10-12-19)24(4,5)6/h9-15H,7-8,16H2,1-6H3,(H,25,28)(H,26,29). The summed E-state index contributed by atoms with van der Waals surface area (Å²) >= 11 is 0. The Balaban J connectivity index is 1.94. The van der Waals surface area contributed by atoms with Crippen molar-refractivity contribution in [3.05, 3.63) is 53.6 Å². The van der Waals surface area contributed by atoms with Crippen molar-refractivity contribution in [1.29, 1.82) is 0 Å². The fourth-order valence-electron chi connectivity index (χ4n) is 3.17. The van der Waals surface area contributed by atoms with Gasteiger partial charge in [0.05, 0.1) is 0 Å². The first kappa shape index (κ1) is 22.5. The Morgan fingerprint density at radius 1 is 0.897 bits per heavy atom. The highest BCUT2D eigenvalue weighted by Crippen LogP contribution is 2.24. The highest BCUT2D eigenvalue weighted by atomic mass is 16.2. The number of rotatable bonds is 7. The van der Waals surface area contributed by atoms with Crippen molar-refractivity contribution in [1.82, 2.24) is 0 Å². The van der Waals surface area contributed by atoms with E-state index in [1.54, 1.807) is 0 Å². The molecule has 5 nitrogen and oxygen atoms in total. The number of amides is 2. The van der Waals surface area contributed by atoms with Crippen molar-refractivity contribution in [3.63, 3.8) is 0 Å². The molecule has 5 heteroatoms. The van der Waals surface area contributed by atoms with Gasteiger partial charge in [-0.15, -0.1) is 0 Å². The Morgan fingerprint density at radius 3 is 2.00 bits per heavy atom. The molecule has 0 bridgehead atoms. The number of hydrogen-bond donors (Lipinski definition) is 2. The van der Waals surface area contributed by atoms with Gasteiger partial charge in [0.15, 0.2) is 0 Å². The van der Waals surface area contributed by atoms with Gasteiger partial charge in [0, 0.05) is 30.2 Å². The quantitative estimate of drug-likeness (QED) is 0.641. The SMILES string of the molecule is CCN(CC)c1ccc(NC(=O)CC(=O)Nc2ccc(C(C)(C)C)cc2)c(C)c1. The zero-order valence-electron chi connectivity index (χ0n) is 18.4. The van der Waals surface area contributed by atoms with Crippen molar-refractivity contribution < 1.29 is 9.59 Å². The molecule has 0 aliphatic carbocycles. The van der Waals surface area contributed by atoms with Gasteiger partial charge in [-0.1, -0.05) is 32.9 Å². The number of anilines is 3. The first-order valence-corrected chi connectivity index (χ1v) is 10.2. The minimum Gasteiger partial charge on any atom is -0.372 e. The molecule has 156 valence electrons. The maximum Gasteiger partial charge on any atom is 0.233 e. The number of nitrogens with zero attached hydrogens (tertiary/aromatic N) is 1. The molecule has 0 unspecified atom stereocenters. The van der Waals surface area contributed by atoms with Crippen LogP contribution >= 0.6 is 0 Å². The number of carbonyl (C=O) groups is 2. The lowest BCUT2D eigenvalue weighted by molar-refractivity contribution is -0.123. The third-order valence-electron chi connectivity index (χ3n) is 4.97. The second-order valence-corrected chi connectivity index (χ2v) is 8.27. The molecule has 2 amide bonds. The van der Waals surface area contributed by atoms with E-state index in [0.717, 1.165) is 30.0 Å². The van der Waals surface area contributed by atoms with Crippen molar-refractivity contribution in [2.75, 3.05) is 28.6 Å². The van der Waals surface area contributed by atoms with Crippen LogP contribution in [0, 0.1) is 6.92 Å². The van der Waals surface area contributed by atoms with E-state index in [4.69, 9.17) is 0 Å². The molecule has 0 saturated heterocycles. The van der Waals surface area contributed by atoms with Gasteiger partial charge in [0.1, 0.15) is 6.42 Å². The second-order valence-electron chi connectivity index (χ2n) is 8.27. The van der Waals surface area contributed by atoms with E-state index in [-0.39, 0.29) is 23.7 Å². The molecule has 2 N–H and O–H groups in total. The van der Waals surface area contributed by atoms with Gasteiger partial charge in [0.2, 0.25) is 11.8 Å². The summed E-state index contributed by atoms with van der Waals surface area (Å²) in [5, 5.41) is 5.62. The van der Waals surface area contributed by atoms with Crippen LogP contribution in [0.3, 0.4) is 0 Å². The van der Waals surface area contributed by atoms with Gasteiger partial charge in [-0.2, -0.15) is 0 Å². The number of carbonyl (C=O) groups excluding carboxylic acids is 2. The minimum atomic E-state index is -0.330. The zero-order valence-corrected chi connectivity index (χ0v) is 18.4. The highest BCUT2D eigenvalue weighted by molar-refractivity contribution is 6.08. The Morgan fingerprint density at radius 2 is 1.48 bits per heavy atom. The largest absolute Gasteiger partial charge is 0.372 e. The Labute approximate surface area is 174 Å². The number of hydrogen-bond acceptors (Lipinski definition) is 3. The van der Waals surface area contributed by atoms with Crippen molar-refractivity contribution >= 4 is 28.9 Å². The summed E-state index contributed by atoms with van der Waals surface area (Å²) in [5.41, 5.74) is 4.77. The molecule has 0 spiro atoms. The molecule has 2 rings (SSSR count). The fourth-order valence-corrected chi connectivity index (χ4v) is 3.17. The van der Waals surface area contributed by atoms with Crippen LogP contribution in [0.5, 0.6) is 0 Å². The Bertz CT molecular complexity index is 847.